The largest absolute Gasteiger partial charge is 0.462 e. The average molecular weight is 313 g/mol. The summed E-state index contributed by atoms with van der Waals surface area (Å²) in [5.41, 5.74) is 0.661. The lowest BCUT2D eigenvalue weighted by Gasteiger charge is -2.02. The summed E-state index contributed by atoms with van der Waals surface area (Å²) in [5, 5.41) is 10.8. The van der Waals surface area contributed by atoms with E-state index in [0.717, 1.165) is 11.3 Å². The molecule has 104 valence electrons. The molecular formula is C12H9ClN2O4S. The van der Waals surface area contributed by atoms with Gasteiger partial charge in [-0.15, -0.1) is 0 Å². The van der Waals surface area contributed by atoms with Crippen molar-refractivity contribution in [2.75, 3.05) is 6.61 Å². The van der Waals surface area contributed by atoms with E-state index in [-0.39, 0.29) is 21.6 Å². The third-order valence-corrected chi connectivity index (χ3v) is 3.53. The molecule has 1 aromatic carbocycles. The van der Waals surface area contributed by atoms with Crippen molar-refractivity contribution in [3.8, 4) is 11.3 Å². The van der Waals surface area contributed by atoms with Gasteiger partial charge in [0.25, 0.3) is 5.69 Å². The minimum Gasteiger partial charge on any atom is -0.462 e. The van der Waals surface area contributed by atoms with E-state index in [1.54, 1.807) is 13.0 Å². The topological polar surface area (TPSA) is 82.3 Å². The number of nitro benzene ring substituents is 1. The van der Waals surface area contributed by atoms with Crippen LogP contribution in [0.1, 0.15) is 16.6 Å². The predicted octanol–water partition coefficient (Wildman–Crippen LogP) is 3.55. The Kier molecular flexibility index (Phi) is 4.31. The summed E-state index contributed by atoms with van der Waals surface area (Å²) in [7, 11) is 0. The van der Waals surface area contributed by atoms with Crippen LogP contribution in [-0.4, -0.2) is 22.5 Å². The van der Waals surface area contributed by atoms with Crippen molar-refractivity contribution >= 4 is 34.6 Å². The van der Waals surface area contributed by atoms with Crippen LogP contribution in [0.25, 0.3) is 11.3 Å². The summed E-state index contributed by atoms with van der Waals surface area (Å²) in [6.07, 6.45) is 0. The van der Waals surface area contributed by atoms with E-state index in [1.165, 1.54) is 18.2 Å². The van der Waals surface area contributed by atoms with Gasteiger partial charge >= 0.3 is 5.97 Å². The fraction of sp³-hybridized carbons (Fsp3) is 0.167. The molecule has 0 aliphatic carbocycles. The first-order chi connectivity index (χ1) is 9.52. The second kappa shape index (κ2) is 5.98. The SMILES string of the molecule is CCOC(=O)c1sc(Cl)nc1-c1cccc([N+](=O)[O-])c1. The number of nitrogens with zero attached hydrogens (tertiary/aromatic N) is 2. The number of hydrogen-bond donors (Lipinski definition) is 0. The van der Waals surface area contributed by atoms with Gasteiger partial charge in [0.1, 0.15) is 4.88 Å². The summed E-state index contributed by atoms with van der Waals surface area (Å²) in [5.74, 6) is -0.543. The van der Waals surface area contributed by atoms with Crippen LogP contribution in [0, 0.1) is 10.1 Å². The van der Waals surface area contributed by atoms with Crippen molar-refractivity contribution in [3.05, 3.63) is 43.7 Å². The van der Waals surface area contributed by atoms with Gasteiger partial charge in [0.15, 0.2) is 4.47 Å². The maximum absolute atomic E-state index is 11.8. The van der Waals surface area contributed by atoms with Gasteiger partial charge in [0.2, 0.25) is 0 Å². The Morgan fingerprint density at radius 2 is 2.30 bits per heavy atom. The van der Waals surface area contributed by atoms with Gasteiger partial charge in [-0.25, -0.2) is 9.78 Å². The summed E-state index contributed by atoms with van der Waals surface area (Å²) in [6.45, 7) is 1.91. The van der Waals surface area contributed by atoms with Crippen LogP contribution < -0.4 is 0 Å². The molecule has 0 aliphatic heterocycles. The quantitative estimate of drug-likeness (QED) is 0.490. The zero-order valence-electron chi connectivity index (χ0n) is 10.3. The molecule has 8 heteroatoms. The molecule has 2 aromatic rings. The van der Waals surface area contributed by atoms with E-state index in [1.807, 2.05) is 0 Å². The Labute approximate surface area is 123 Å². The van der Waals surface area contributed by atoms with Crippen molar-refractivity contribution in [3.63, 3.8) is 0 Å². The van der Waals surface area contributed by atoms with Crippen molar-refractivity contribution in [2.45, 2.75) is 6.92 Å². The molecule has 1 aromatic heterocycles. The fourth-order valence-corrected chi connectivity index (χ4v) is 2.62. The number of benzene rings is 1. The highest BCUT2D eigenvalue weighted by Crippen LogP contribution is 2.32. The monoisotopic (exact) mass is 312 g/mol. The number of thiazole rings is 1. The third-order valence-electron chi connectivity index (χ3n) is 2.39. The highest BCUT2D eigenvalue weighted by Gasteiger charge is 2.21. The van der Waals surface area contributed by atoms with E-state index >= 15 is 0 Å². The molecule has 6 nitrogen and oxygen atoms in total. The summed E-state index contributed by atoms with van der Waals surface area (Å²) in [4.78, 5) is 26.4. The molecule has 0 aliphatic rings. The lowest BCUT2D eigenvalue weighted by atomic mass is 10.1. The van der Waals surface area contributed by atoms with Gasteiger partial charge in [0, 0.05) is 17.7 Å². The molecule has 0 fully saturated rings. The average Bonchev–Trinajstić information content (AvgIpc) is 2.81. The minimum absolute atomic E-state index is 0.0820. The number of aromatic nitrogens is 1. The van der Waals surface area contributed by atoms with Gasteiger partial charge in [-0.1, -0.05) is 35.1 Å². The molecule has 0 saturated carbocycles. The van der Waals surface area contributed by atoms with E-state index in [4.69, 9.17) is 16.3 Å². The normalized spacial score (nSPS) is 10.3. The first-order valence-corrected chi connectivity index (χ1v) is 6.80. The Morgan fingerprint density at radius 1 is 1.55 bits per heavy atom. The first kappa shape index (κ1) is 14.4. The van der Waals surface area contributed by atoms with Crippen LogP contribution in [0.2, 0.25) is 4.47 Å². The molecular weight excluding hydrogens is 304 g/mol. The zero-order chi connectivity index (χ0) is 14.7. The van der Waals surface area contributed by atoms with Crippen LogP contribution in [0.15, 0.2) is 24.3 Å². The standard InChI is InChI=1S/C12H9ClN2O4S/c1-2-19-11(16)10-9(14-12(13)20-10)7-4-3-5-8(6-7)15(17)18/h3-6H,2H2,1H3. The van der Waals surface area contributed by atoms with Crippen LogP contribution >= 0.6 is 22.9 Å². The number of carbonyl (C=O) groups excluding carboxylic acids is 1. The molecule has 0 bridgehead atoms. The molecule has 0 saturated heterocycles. The molecule has 0 spiro atoms. The van der Waals surface area contributed by atoms with Crippen LogP contribution in [0.3, 0.4) is 0 Å². The van der Waals surface area contributed by atoms with Crippen molar-refractivity contribution in [2.24, 2.45) is 0 Å². The maximum atomic E-state index is 11.8. The Bertz CT molecular complexity index is 671. The molecule has 0 atom stereocenters. The molecule has 0 amide bonds. The number of halogens is 1. The van der Waals surface area contributed by atoms with E-state index in [9.17, 15) is 14.9 Å². The molecule has 0 N–H and O–H groups in total. The summed E-state index contributed by atoms with van der Waals surface area (Å²) >= 11 is 6.81. The highest BCUT2D eigenvalue weighted by atomic mass is 35.5. The van der Waals surface area contributed by atoms with Crippen molar-refractivity contribution in [1.29, 1.82) is 0 Å². The van der Waals surface area contributed by atoms with Gasteiger partial charge in [-0.3, -0.25) is 10.1 Å². The number of non-ortho nitro benzene ring substituents is 1. The van der Waals surface area contributed by atoms with Gasteiger partial charge < -0.3 is 4.74 Å². The smallest absolute Gasteiger partial charge is 0.350 e. The summed E-state index contributed by atoms with van der Waals surface area (Å²) in [6, 6.07) is 5.85. The van der Waals surface area contributed by atoms with Gasteiger partial charge in [-0.2, -0.15) is 0 Å². The van der Waals surface area contributed by atoms with Crippen LogP contribution in [0.4, 0.5) is 5.69 Å². The minimum atomic E-state index is -0.543. The van der Waals surface area contributed by atoms with Crippen molar-refractivity contribution in [1.82, 2.24) is 4.98 Å². The number of ether oxygens (including phenoxy) is 1. The molecule has 20 heavy (non-hydrogen) atoms. The number of carbonyl (C=O) groups is 1. The number of esters is 1. The lowest BCUT2D eigenvalue weighted by Crippen LogP contribution is -2.04. The van der Waals surface area contributed by atoms with Crippen molar-refractivity contribution < 1.29 is 14.5 Å². The highest BCUT2D eigenvalue weighted by molar-refractivity contribution is 7.17. The molecule has 0 unspecified atom stereocenters. The number of hydrogen-bond acceptors (Lipinski definition) is 6. The van der Waals surface area contributed by atoms with E-state index < -0.39 is 10.9 Å². The zero-order valence-corrected chi connectivity index (χ0v) is 11.9. The second-order valence-corrected chi connectivity index (χ2v) is 5.25. The number of rotatable bonds is 4. The Balaban J connectivity index is 2.49. The Morgan fingerprint density at radius 3 is 2.95 bits per heavy atom. The van der Waals surface area contributed by atoms with Crippen LogP contribution in [0.5, 0.6) is 0 Å². The second-order valence-electron chi connectivity index (χ2n) is 3.67. The maximum Gasteiger partial charge on any atom is 0.350 e. The molecule has 0 radical (unpaired) electrons. The Hall–Kier alpha value is -1.99. The predicted molar refractivity (Wildman–Crippen MR) is 75.2 cm³/mol. The number of nitro groups is 1. The van der Waals surface area contributed by atoms with Crippen LogP contribution in [-0.2, 0) is 4.74 Å². The van der Waals surface area contributed by atoms with E-state index in [2.05, 4.69) is 4.98 Å². The fourth-order valence-electron chi connectivity index (χ4n) is 1.59. The molecule has 1 heterocycles. The molecule has 2 rings (SSSR count). The summed E-state index contributed by atoms with van der Waals surface area (Å²) < 4.78 is 5.10. The van der Waals surface area contributed by atoms with E-state index in [0.29, 0.717) is 11.3 Å². The third kappa shape index (κ3) is 2.94. The first-order valence-electron chi connectivity index (χ1n) is 5.61. The van der Waals surface area contributed by atoms with Gasteiger partial charge in [-0.05, 0) is 6.92 Å². The van der Waals surface area contributed by atoms with Gasteiger partial charge in [0.05, 0.1) is 17.2 Å². The lowest BCUT2D eigenvalue weighted by molar-refractivity contribution is -0.384.